The lowest BCUT2D eigenvalue weighted by molar-refractivity contribution is 0.115. The summed E-state index contributed by atoms with van der Waals surface area (Å²) < 4.78 is 5.94. The molecule has 1 aromatic heterocycles. The van der Waals surface area contributed by atoms with E-state index < -0.39 is 0 Å². The van der Waals surface area contributed by atoms with E-state index >= 15 is 0 Å². The van der Waals surface area contributed by atoms with Crippen molar-refractivity contribution in [1.29, 1.82) is 0 Å². The molecular formula is C23H25NOS. The molecule has 0 unspecified atom stereocenters. The van der Waals surface area contributed by atoms with Crippen LogP contribution >= 0.6 is 11.3 Å². The molecule has 4 rings (SSSR count). The van der Waals surface area contributed by atoms with Gasteiger partial charge < -0.3 is 9.64 Å². The largest absolute Gasteiger partial charge is 0.376 e. The van der Waals surface area contributed by atoms with Gasteiger partial charge in [0.05, 0.1) is 6.61 Å². The third kappa shape index (κ3) is 3.61. The Bertz CT molecular complexity index is 834. The van der Waals surface area contributed by atoms with Crippen LogP contribution in [0.2, 0.25) is 0 Å². The first-order valence-corrected chi connectivity index (χ1v) is 10.1. The minimum Gasteiger partial charge on any atom is -0.376 e. The van der Waals surface area contributed by atoms with Crippen molar-refractivity contribution < 1.29 is 4.74 Å². The van der Waals surface area contributed by atoms with Gasteiger partial charge in [-0.05, 0) is 61.8 Å². The molecule has 0 spiro atoms. The van der Waals surface area contributed by atoms with Crippen molar-refractivity contribution in [3.8, 4) is 21.6 Å². The molecule has 0 bridgehead atoms. The first kappa shape index (κ1) is 17.5. The maximum atomic E-state index is 5.94. The van der Waals surface area contributed by atoms with Crippen LogP contribution in [0.5, 0.6) is 0 Å². The number of ether oxygens (including phenoxy) is 1. The van der Waals surface area contributed by atoms with E-state index in [4.69, 9.17) is 4.74 Å². The third-order valence-electron chi connectivity index (χ3n) is 4.87. The lowest BCUT2D eigenvalue weighted by atomic mass is 9.99. The zero-order valence-electron chi connectivity index (χ0n) is 15.5. The minimum atomic E-state index is 0.704. The minimum absolute atomic E-state index is 0.704. The molecule has 0 fully saturated rings. The molecule has 26 heavy (non-hydrogen) atoms. The third-order valence-corrected chi connectivity index (χ3v) is 6.01. The highest BCUT2D eigenvalue weighted by Gasteiger charge is 2.21. The summed E-state index contributed by atoms with van der Waals surface area (Å²) in [5.74, 6) is 0. The number of hydrogen-bond acceptors (Lipinski definition) is 3. The predicted octanol–water partition coefficient (Wildman–Crippen LogP) is 5.45. The fourth-order valence-electron chi connectivity index (χ4n) is 3.61. The van der Waals surface area contributed by atoms with Gasteiger partial charge in [0.1, 0.15) is 0 Å². The van der Waals surface area contributed by atoms with Crippen LogP contribution in [0.4, 0.5) is 0 Å². The Morgan fingerprint density at radius 1 is 0.923 bits per heavy atom. The Kier molecular flexibility index (Phi) is 5.21. The molecule has 2 aromatic carbocycles. The highest BCUT2D eigenvalue weighted by atomic mass is 32.1. The average molecular weight is 364 g/mol. The van der Waals surface area contributed by atoms with Crippen LogP contribution in [-0.4, -0.2) is 32.1 Å². The van der Waals surface area contributed by atoms with Crippen LogP contribution < -0.4 is 0 Å². The first-order chi connectivity index (χ1) is 12.7. The number of fused-ring (bicyclic) bond motifs is 5. The van der Waals surface area contributed by atoms with Gasteiger partial charge in [0.25, 0.3) is 0 Å². The lowest BCUT2D eigenvalue weighted by Crippen LogP contribution is -2.14. The van der Waals surface area contributed by atoms with E-state index in [0.717, 1.165) is 26.0 Å². The molecule has 0 aliphatic heterocycles. The van der Waals surface area contributed by atoms with Gasteiger partial charge in [-0.2, -0.15) is 0 Å². The first-order valence-electron chi connectivity index (χ1n) is 9.24. The smallest absolute Gasteiger partial charge is 0.0809 e. The standard InChI is InChI=1S/C23H25NOS/c1-24(2)12-7-13-25-16-19-15-22-20-10-5-3-8-17(20)14-18-9-4-6-11-21(18)23(22)26-19/h3-6,8-11,15H,7,12-14,16H2,1-2H3. The highest BCUT2D eigenvalue weighted by Crippen LogP contribution is 2.45. The van der Waals surface area contributed by atoms with Crippen LogP contribution in [0.1, 0.15) is 22.4 Å². The van der Waals surface area contributed by atoms with Crippen molar-refractivity contribution in [2.45, 2.75) is 19.4 Å². The van der Waals surface area contributed by atoms with E-state index in [1.165, 1.54) is 37.6 Å². The Morgan fingerprint density at radius 2 is 1.62 bits per heavy atom. The molecule has 134 valence electrons. The number of benzene rings is 2. The molecule has 0 saturated carbocycles. The molecule has 3 heteroatoms. The Labute approximate surface area is 160 Å². The quantitative estimate of drug-likeness (QED) is 0.422. The average Bonchev–Trinajstić information content (AvgIpc) is 3.01. The second-order valence-electron chi connectivity index (χ2n) is 7.16. The number of rotatable bonds is 6. The molecule has 2 nitrogen and oxygen atoms in total. The van der Waals surface area contributed by atoms with Crippen molar-refractivity contribution in [2.75, 3.05) is 27.2 Å². The molecule has 1 aliphatic rings. The molecule has 0 radical (unpaired) electrons. The molecule has 3 aromatic rings. The summed E-state index contributed by atoms with van der Waals surface area (Å²) in [5.41, 5.74) is 6.94. The van der Waals surface area contributed by atoms with Crippen molar-refractivity contribution in [2.24, 2.45) is 0 Å². The molecule has 0 saturated heterocycles. The monoisotopic (exact) mass is 363 g/mol. The molecular weight excluding hydrogens is 338 g/mol. The van der Waals surface area contributed by atoms with Gasteiger partial charge in [-0.15, -0.1) is 11.3 Å². The van der Waals surface area contributed by atoms with Crippen LogP contribution in [0, 0.1) is 0 Å². The van der Waals surface area contributed by atoms with Gasteiger partial charge in [-0.1, -0.05) is 48.5 Å². The SMILES string of the molecule is CN(C)CCCOCc1cc2c(s1)-c1ccccc1Cc1ccccc1-2. The maximum Gasteiger partial charge on any atom is 0.0809 e. The summed E-state index contributed by atoms with van der Waals surface area (Å²) in [6.07, 6.45) is 2.08. The molecule has 1 heterocycles. The summed E-state index contributed by atoms with van der Waals surface area (Å²) >= 11 is 1.88. The van der Waals surface area contributed by atoms with E-state index in [0.29, 0.717) is 6.61 Å². The van der Waals surface area contributed by atoms with Gasteiger partial charge in [-0.3, -0.25) is 0 Å². The fraction of sp³-hybridized carbons (Fsp3) is 0.304. The summed E-state index contributed by atoms with van der Waals surface area (Å²) in [6.45, 7) is 2.59. The second-order valence-corrected chi connectivity index (χ2v) is 8.29. The lowest BCUT2D eigenvalue weighted by Gasteiger charge is -2.09. The van der Waals surface area contributed by atoms with Gasteiger partial charge in [0, 0.05) is 21.9 Å². The van der Waals surface area contributed by atoms with Crippen molar-refractivity contribution in [3.63, 3.8) is 0 Å². The van der Waals surface area contributed by atoms with Crippen LogP contribution in [0.3, 0.4) is 0 Å². The fourth-order valence-corrected chi connectivity index (χ4v) is 4.78. The van der Waals surface area contributed by atoms with Crippen molar-refractivity contribution >= 4 is 11.3 Å². The summed E-state index contributed by atoms with van der Waals surface area (Å²) in [6, 6.07) is 20.0. The summed E-state index contributed by atoms with van der Waals surface area (Å²) in [7, 11) is 4.20. The topological polar surface area (TPSA) is 12.5 Å². The van der Waals surface area contributed by atoms with E-state index in [1.54, 1.807) is 0 Å². The van der Waals surface area contributed by atoms with Gasteiger partial charge in [-0.25, -0.2) is 0 Å². The maximum absolute atomic E-state index is 5.94. The van der Waals surface area contributed by atoms with Gasteiger partial charge in [0.15, 0.2) is 0 Å². The van der Waals surface area contributed by atoms with E-state index in [-0.39, 0.29) is 0 Å². The van der Waals surface area contributed by atoms with Gasteiger partial charge >= 0.3 is 0 Å². The summed E-state index contributed by atoms with van der Waals surface area (Å²) in [4.78, 5) is 4.90. The normalized spacial score (nSPS) is 12.4. The van der Waals surface area contributed by atoms with Crippen LogP contribution in [-0.2, 0) is 17.8 Å². The zero-order chi connectivity index (χ0) is 17.9. The molecule has 0 atom stereocenters. The highest BCUT2D eigenvalue weighted by molar-refractivity contribution is 7.16. The van der Waals surface area contributed by atoms with Gasteiger partial charge in [0.2, 0.25) is 0 Å². The molecule has 0 N–H and O–H groups in total. The van der Waals surface area contributed by atoms with E-state index in [9.17, 15) is 0 Å². The van der Waals surface area contributed by atoms with Crippen LogP contribution in [0.25, 0.3) is 21.6 Å². The van der Waals surface area contributed by atoms with Crippen molar-refractivity contribution in [3.05, 3.63) is 70.6 Å². The zero-order valence-corrected chi connectivity index (χ0v) is 16.3. The summed E-state index contributed by atoms with van der Waals surface area (Å²) in [5, 5.41) is 0. The Hall–Kier alpha value is -1.94. The van der Waals surface area contributed by atoms with E-state index in [1.807, 2.05) is 11.3 Å². The van der Waals surface area contributed by atoms with Crippen molar-refractivity contribution in [1.82, 2.24) is 4.90 Å². The Balaban J connectivity index is 1.62. The Morgan fingerprint density at radius 3 is 2.38 bits per heavy atom. The number of nitrogens with zero attached hydrogens (tertiary/aromatic N) is 1. The number of thiophene rings is 1. The molecule has 1 aliphatic carbocycles. The van der Waals surface area contributed by atoms with E-state index in [2.05, 4.69) is 73.6 Å². The second kappa shape index (κ2) is 7.75. The number of hydrogen-bond donors (Lipinski definition) is 0. The predicted molar refractivity (Wildman–Crippen MR) is 111 cm³/mol. The molecule has 0 amide bonds. The van der Waals surface area contributed by atoms with Crippen LogP contribution in [0.15, 0.2) is 54.6 Å².